The zero-order chi connectivity index (χ0) is 27.8. The Morgan fingerprint density at radius 1 is 0.895 bits per heavy atom. The number of nitrogens with zero attached hydrogens (tertiary/aromatic N) is 1. The van der Waals surface area contributed by atoms with Crippen LogP contribution < -0.4 is 9.88 Å². The number of carbonyl (C=O) groups is 1. The fourth-order valence-electron chi connectivity index (χ4n) is 3.88. The summed E-state index contributed by atoms with van der Waals surface area (Å²) in [6.07, 6.45) is 17.7. The molecule has 0 unspecified atom stereocenters. The molecule has 9 heteroatoms. The van der Waals surface area contributed by atoms with Gasteiger partial charge < -0.3 is 20.1 Å². The van der Waals surface area contributed by atoms with Gasteiger partial charge in [0.1, 0.15) is 6.54 Å². The highest BCUT2D eigenvalue weighted by atomic mass is 32.2. The molecule has 0 atom stereocenters. The molecule has 0 spiro atoms. The van der Waals surface area contributed by atoms with Crippen LogP contribution in [-0.4, -0.2) is 41.9 Å². The average Bonchev–Trinajstić information content (AvgIpc) is 2.87. The first-order chi connectivity index (χ1) is 18.1. The third-order valence-electron chi connectivity index (χ3n) is 5.82. The third-order valence-corrected chi connectivity index (χ3v) is 5.82. The van der Waals surface area contributed by atoms with E-state index in [-0.39, 0.29) is 17.4 Å². The summed E-state index contributed by atoms with van der Waals surface area (Å²) in [4.78, 5) is 11.9. The number of benzene rings is 2. The number of nitrogens with one attached hydrogen (secondary N) is 1. The number of amides is 1. The lowest BCUT2D eigenvalue weighted by Gasteiger charge is -2.04. The van der Waals surface area contributed by atoms with Crippen LogP contribution in [0.4, 0.5) is 0 Å². The van der Waals surface area contributed by atoms with E-state index in [1.165, 1.54) is 67.5 Å². The van der Waals surface area contributed by atoms with E-state index in [0.29, 0.717) is 18.4 Å². The van der Waals surface area contributed by atoms with E-state index >= 15 is 0 Å². The molecule has 0 aliphatic carbocycles. The molecule has 38 heavy (non-hydrogen) atoms. The summed E-state index contributed by atoms with van der Waals surface area (Å²) in [5, 5.41) is 24.2. The van der Waals surface area contributed by atoms with Gasteiger partial charge in [-0.2, -0.15) is 0 Å². The van der Waals surface area contributed by atoms with Gasteiger partial charge in [0.2, 0.25) is 5.91 Å². The van der Waals surface area contributed by atoms with Crippen LogP contribution in [0, 0.1) is 0 Å². The Morgan fingerprint density at radius 3 is 2.16 bits per heavy atom. The topological polar surface area (TPSA) is 131 Å². The van der Waals surface area contributed by atoms with Crippen molar-refractivity contribution in [2.45, 2.75) is 57.9 Å². The van der Waals surface area contributed by atoms with Gasteiger partial charge in [-0.25, -0.2) is 13.0 Å². The maximum atomic E-state index is 11.9. The summed E-state index contributed by atoms with van der Waals surface area (Å²) in [5.74, 6) is -0.509. The van der Waals surface area contributed by atoms with Crippen LogP contribution in [0.1, 0.15) is 56.9 Å². The summed E-state index contributed by atoms with van der Waals surface area (Å²) >= 11 is 0. The highest BCUT2D eigenvalue weighted by Gasteiger charge is 2.03. The number of aryl methyl sites for hydroxylation is 1. The number of aromatic nitrogens is 1. The molecular formula is C29H38N2O6S. The first-order valence-corrected chi connectivity index (χ1v) is 14.7. The first kappa shape index (κ1) is 30.8. The molecular weight excluding hydrogens is 504 g/mol. The largest absolute Gasteiger partial charge is 0.748 e. The number of hydrogen-bond acceptors (Lipinski definition) is 6. The summed E-state index contributed by atoms with van der Waals surface area (Å²) in [6, 6.07) is 15.1. The number of fused-ring (bicyclic) bond motifs is 1. The van der Waals surface area contributed by atoms with Crippen molar-refractivity contribution in [3.05, 3.63) is 72.6 Å². The van der Waals surface area contributed by atoms with Crippen molar-refractivity contribution >= 4 is 32.9 Å². The van der Waals surface area contributed by atoms with E-state index in [1.807, 2.05) is 0 Å². The Balaban J connectivity index is 0.000000926. The van der Waals surface area contributed by atoms with E-state index < -0.39 is 10.1 Å². The third kappa shape index (κ3) is 13.8. The average molecular weight is 543 g/mol. The van der Waals surface area contributed by atoms with E-state index in [9.17, 15) is 15.0 Å². The van der Waals surface area contributed by atoms with Gasteiger partial charge in [-0.1, -0.05) is 56.4 Å². The first-order valence-electron chi connectivity index (χ1n) is 12.9. The molecule has 8 nitrogen and oxygen atoms in total. The molecule has 1 aromatic heterocycles. The number of rotatable bonds is 13. The normalized spacial score (nSPS) is 11.3. The second-order valence-electron chi connectivity index (χ2n) is 9.22. The predicted molar refractivity (Wildman–Crippen MR) is 149 cm³/mol. The number of phenolic OH excluding ortho intramolecular Hbond substituents is 2. The molecule has 0 radical (unpaired) electrons. The summed E-state index contributed by atoms with van der Waals surface area (Å²) in [5.41, 5.74) is 0.663. The quantitative estimate of drug-likeness (QED) is 0.0947. The van der Waals surface area contributed by atoms with E-state index in [2.05, 4.69) is 52.6 Å². The lowest BCUT2D eigenvalue weighted by atomic mass is 10.1. The molecule has 3 aromatic rings. The number of aromatic hydroxyl groups is 2. The monoisotopic (exact) mass is 542 g/mol. The molecule has 3 rings (SSSR count). The van der Waals surface area contributed by atoms with E-state index in [4.69, 9.17) is 13.0 Å². The van der Waals surface area contributed by atoms with Gasteiger partial charge in [0.05, 0.1) is 10.1 Å². The van der Waals surface area contributed by atoms with Crippen LogP contribution in [-0.2, 0) is 21.5 Å². The molecule has 1 amide bonds. The maximum Gasteiger partial charge on any atom is 0.243 e. The van der Waals surface area contributed by atoms with Crippen LogP contribution >= 0.6 is 0 Å². The van der Waals surface area contributed by atoms with Crippen LogP contribution in [0.15, 0.2) is 67.0 Å². The zero-order valence-corrected chi connectivity index (χ0v) is 22.7. The summed E-state index contributed by atoms with van der Waals surface area (Å²) in [7, 11) is -3.92. The van der Waals surface area contributed by atoms with Crippen LogP contribution in [0.2, 0.25) is 0 Å². The van der Waals surface area contributed by atoms with Crippen molar-refractivity contribution in [2.24, 2.45) is 0 Å². The molecule has 0 aliphatic rings. The Kier molecular flexibility index (Phi) is 13.3. The van der Waals surface area contributed by atoms with Gasteiger partial charge in [0, 0.05) is 36.7 Å². The number of unbranched alkanes of at least 4 members (excludes halogenated alkanes) is 7. The summed E-state index contributed by atoms with van der Waals surface area (Å²) in [6.45, 7) is 1.75. The van der Waals surface area contributed by atoms with Crippen LogP contribution in [0.3, 0.4) is 0 Å². The predicted octanol–water partition coefficient (Wildman–Crippen LogP) is 4.65. The zero-order valence-electron chi connectivity index (χ0n) is 21.9. The van der Waals surface area contributed by atoms with Crippen molar-refractivity contribution in [1.82, 2.24) is 5.32 Å². The minimum atomic E-state index is -3.92. The standard InChI is InChI=1S/C28H34N2O3.CH4O3S/c31-26-15-13-23(21-27(26)32)14-16-28(33)29-18-9-5-3-1-2-4-6-10-19-30-20-17-24-11-7-8-12-25(24)22-30;1-5(2,3)4/h7-8,11-17,20-22H,1-6,9-10,18-19H2,(H2-,29,31,32,33);1H3,(H,2,3,4). The SMILES string of the molecule is CS(=O)(=O)[O-].O=C(/C=C/c1ccc(O)c(O)c1)NCCCCCCCCCC[n+]1ccc2ccccc2c1. The minimum Gasteiger partial charge on any atom is -0.748 e. The molecule has 3 N–H and O–H groups in total. The molecule has 0 bridgehead atoms. The van der Waals surface area contributed by atoms with Crippen molar-refractivity contribution < 1.29 is 32.5 Å². The Morgan fingerprint density at radius 2 is 1.50 bits per heavy atom. The second-order valence-corrected chi connectivity index (χ2v) is 10.6. The van der Waals surface area contributed by atoms with Crippen molar-refractivity contribution in [2.75, 3.05) is 12.8 Å². The maximum absolute atomic E-state index is 11.9. The highest BCUT2D eigenvalue weighted by Crippen LogP contribution is 2.25. The molecule has 0 saturated carbocycles. The van der Waals surface area contributed by atoms with Gasteiger partial charge in [0.25, 0.3) is 0 Å². The minimum absolute atomic E-state index is 0.146. The van der Waals surface area contributed by atoms with Crippen molar-refractivity contribution in [3.63, 3.8) is 0 Å². The van der Waals surface area contributed by atoms with E-state index in [1.54, 1.807) is 12.1 Å². The molecule has 0 aliphatic heterocycles. The van der Waals surface area contributed by atoms with Crippen molar-refractivity contribution in [1.29, 1.82) is 0 Å². The lowest BCUT2D eigenvalue weighted by molar-refractivity contribution is -0.696. The van der Waals surface area contributed by atoms with Crippen LogP contribution in [0.5, 0.6) is 11.5 Å². The number of phenols is 2. The Bertz CT molecular complexity index is 1280. The van der Waals surface area contributed by atoms with Crippen LogP contribution in [0.25, 0.3) is 16.8 Å². The van der Waals surface area contributed by atoms with Gasteiger partial charge in [0.15, 0.2) is 23.9 Å². The smallest absolute Gasteiger partial charge is 0.243 e. The molecule has 1 heterocycles. The van der Waals surface area contributed by atoms with Crippen molar-refractivity contribution in [3.8, 4) is 11.5 Å². The number of hydrogen-bond donors (Lipinski definition) is 3. The second kappa shape index (κ2) is 16.4. The number of carbonyl (C=O) groups excluding carboxylic acids is 1. The lowest BCUT2D eigenvalue weighted by Crippen LogP contribution is -2.32. The molecule has 206 valence electrons. The molecule has 0 saturated heterocycles. The van der Waals surface area contributed by atoms with E-state index in [0.717, 1.165) is 19.4 Å². The fourth-order valence-corrected chi connectivity index (χ4v) is 3.88. The van der Waals surface area contributed by atoms with Gasteiger partial charge >= 0.3 is 0 Å². The van der Waals surface area contributed by atoms with Gasteiger partial charge in [-0.15, -0.1) is 0 Å². The number of pyridine rings is 1. The highest BCUT2D eigenvalue weighted by molar-refractivity contribution is 7.84. The van der Waals surface area contributed by atoms with Gasteiger partial charge in [-0.3, -0.25) is 4.79 Å². The molecule has 0 fully saturated rings. The molecule has 2 aromatic carbocycles. The Hall–Kier alpha value is -3.43. The Labute approximate surface area is 225 Å². The fraction of sp³-hybridized carbons (Fsp3) is 0.379. The van der Waals surface area contributed by atoms with Gasteiger partial charge in [-0.05, 0) is 48.1 Å². The summed E-state index contributed by atoms with van der Waals surface area (Å²) < 4.78 is 29.5.